The summed E-state index contributed by atoms with van der Waals surface area (Å²) in [7, 11) is 0. The van der Waals surface area contributed by atoms with E-state index >= 15 is 0 Å². The molecule has 1 saturated carbocycles. The van der Waals surface area contributed by atoms with Gasteiger partial charge in [-0.3, -0.25) is 9.59 Å². The van der Waals surface area contributed by atoms with Crippen LogP contribution >= 0.6 is 0 Å². The molecule has 0 aromatic heterocycles. The Bertz CT molecular complexity index is 329. The lowest BCUT2D eigenvalue weighted by molar-refractivity contribution is -0.136. The molecule has 1 saturated heterocycles. The first-order chi connectivity index (χ1) is 9.20. The second-order valence-corrected chi connectivity index (χ2v) is 5.57. The van der Waals surface area contributed by atoms with Gasteiger partial charge in [0.2, 0.25) is 11.8 Å². The average molecular weight is 267 g/mol. The third kappa shape index (κ3) is 4.49. The maximum absolute atomic E-state index is 12.2. The number of nitrogens with one attached hydrogen (secondary N) is 2. The maximum atomic E-state index is 12.2. The summed E-state index contributed by atoms with van der Waals surface area (Å²) in [4.78, 5) is 25.7. The Morgan fingerprint density at radius 3 is 2.84 bits per heavy atom. The van der Waals surface area contributed by atoms with Gasteiger partial charge in [-0.2, -0.15) is 0 Å². The number of nitrogens with zero attached hydrogens (tertiary/aromatic N) is 1. The Kier molecular flexibility index (Phi) is 5.19. The zero-order chi connectivity index (χ0) is 13.7. The average Bonchev–Trinajstić information content (AvgIpc) is 3.20. The van der Waals surface area contributed by atoms with E-state index in [4.69, 9.17) is 0 Å². The largest absolute Gasteiger partial charge is 0.353 e. The maximum Gasteiger partial charge on any atom is 0.239 e. The highest BCUT2D eigenvalue weighted by Crippen LogP contribution is 2.18. The third-order valence-electron chi connectivity index (χ3n) is 3.72. The zero-order valence-electron chi connectivity index (χ0n) is 11.8. The van der Waals surface area contributed by atoms with Crippen molar-refractivity contribution in [2.24, 2.45) is 0 Å². The minimum atomic E-state index is -0.0415. The van der Waals surface area contributed by atoms with E-state index in [-0.39, 0.29) is 17.9 Å². The van der Waals surface area contributed by atoms with E-state index < -0.39 is 0 Å². The van der Waals surface area contributed by atoms with Crippen molar-refractivity contribution in [1.82, 2.24) is 15.5 Å². The molecule has 1 heterocycles. The molecular formula is C14H25N3O2. The molecule has 0 radical (unpaired) electrons. The molecule has 2 fully saturated rings. The first-order valence-electron chi connectivity index (χ1n) is 7.52. The first-order valence-corrected chi connectivity index (χ1v) is 7.52. The Balaban J connectivity index is 1.72. The Morgan fingerprint density at radius 2 is 2.16 bits per heavy atom. The summed E-state index contributed by atoms with van der Waals surface area (Å²) >= 11 is 0. The summed E-state index contributed by atoms with van der Waals surface area (Å²) < 4.78 is 0. The van der Waals surface area contributed by atoms with Crippen molar-refractivity contribution in [3.8, 4) is 0 Å². The highest BCUT2D eigenvalue weighted by atomic mass is 16.2. The molecule has 5 heteroatoms. The summed E-state index contributed by atoms with van der Waals surface area (Å²) in [6, 6.07) is 0.365. The van der Waals surface area contributed by atoms with E-state index in [0.29, 0.717) is 19.0 Å². The molecule has 0 aromatic rings. The third-order valence-corrected chi connectivity index (χ3v) is 3.72. The van der Waals surface area contributed by atoms with Crippen LogP contribution in [0, 0.1) is 0 Å². The van der Waals surface area contributed by atoms with E-state index in [9.17, 15) is 9.59 Å². The quantitative estimate of drug-likeness (QED) is 0.712. The predicted molar refractivity (Wildman–Crippen MR) is 73.7 cm³/mol. The van der Waals surface area contributed by atoms with Crippen LogP contribution in [0.4, 0.5) is 0 Å². The van der Waals surface area contributed by atoms with E-state index in [1.165, 1.54) is 0 Å². The van der Waals surface area contributed by atoms with Crippen LogP contribution in [-0.2, 0) is 9.59 Å². The van der Waals surface area contributed by atoms with Crippen LogP contribution in [0.25, 0.3) is 0 Å². The SMILES string of the molecule is CCCNC1CCCN(CCC(=O)NC2CC2)C1=O. The minimum Gasteiger partial charge on any atom is -0.353 e. The summed E-state index contributed by atoms with van der Waals surface area (Å²) in [5.41, 5.74) is 0. The zero-order valence-corrected chi connectivity index (χ0v) is 11.8. The second kappa shape index (κ2) is 6.89. The number of piperidine rings is 1. The molecule has 108 valence electrons. The summed E-state index contributed by atoms with van der Waals surface area (Å²) in [5, 5.41) is 6.25. The van der Waals surface area contributed by atoms with E-state index in [0.717, 1.165) is 45.2 Å². The van der Waals surface area contributed by atoms with Gasteiger partial charge in [0, 0.05) is 25.6 Å². The van der Waals surface area contributed by atoms with Crippen molar-refractivity contribution in [2.45, 2.75) is 57.5 Å². The molecule has 1 atom stereocenters. The Hall–Kier alpha value is -1.10. The minimum absolute atomic E-state index is 0.0415. The van der Waals surface area contributed by atoms with Gasteiger partial charge in [-0.25, -0.2) is 0 Å². The van der Waals surface area contributed by atoms with Crippen molar-refractivity contribution >= 4 is 11.8 Å². The summed E-state index contributed by atoms with van der Waals surface area (Å²) in [5.74, 6) is 0.248. The van der Waals surface area contributed by atoms with Gasteiger partial charge in [0.05, 0.1) is 6.04 Å². The van der Waals surface area contributed by atoms with Crippen molar-refractivity contribution in [1.29, 1.82) is 0 Å². The van der Waals surface area contributed by atoms with Gasteiger partial charge in [-0.15, -0.1) is 0 Å². The molecule has 2 aliphatic rings. The molecular weight excluding hydrogens is 242 g/mol. The Labute approximate surface area is 115 Å². The number of hydrogen-bond acceptors (Lipinski definition) is 3. The molecule has 19 heavy (non-hydrogen) atoms. The Morgan fingerprint density at radius 1 is 1.37 bits per heavy atom. The van der Waals surface area contributed by atoms with Gasteiger partial charge in [-0.1, -0.05) is 6.92 Å². The predicted octanol–water partition coefficient (Wildman–Crippen LogP) is 0.646. The van der Waals surface area contributed by atoms with Crippen LogP contribution in [-0.4, -0.2) is 48.4 Å². The van der Waals surface area contributed by atoms with Crippen LogP contribution in [0.3, 0.4) is 0 Å². The lowest BCUT2D eigenvalue weighted by Crippen LogP contribution is -2.51. The fourth-order valence-electron chi connectivity index (χ4n) is 2.43. The molecule has 2 rings (SSSR count). The molecule has 1 unspecified atom stereocenters. The van der Waals surface area contributed by atoms with Gasteiger partial charge < -0.3 is 15.5 Å². The number of amides is 2. The van der Waals surface area contributed by atoms with Crippen molar-refractivity contribution in [2.75, 3.05) is 19.6 Å². The van der Waals surface area contributed by atoms with E-state index in [1.54, 1.807) is 0 Å². The molecule has 2 N–H and O–H groups in total. The molecule has 1 aliphatic heterocycles. The molecule has 0 bridgehead atoms. The second-order valence-electron chi connectivity index (χ2n) is 5.57. The van der Waals surface area contributed by atoms with Gasteiger partial charge in [0.15, 0.2) is 0 Å². The summed E-state index contributed by atoms with van der Waals surface area (Å²) in [6.45, 7) is 4.33. The van der Waals surface area contributed by atoms with E-state index in [2.05, 4.69) is 17.6 Å². The number of likely N-dealkylation sites (tertiary alicyclic amines) is 1. The number of hydrogen-bond donors (Lipinski definition) is 2. The van der Waals surface area contributed by atoms with Crippen LogP contribution in [0.5, 0.6) is 0 Å². The highest BCUT2D eigenvalue weighted by molar-refractivity contribution is 5.83. The normalized spacial score (nSPS) is 23.5. The lowest BCUT2D eigenvalue weighted by Gasteiger charge is -2.32. The highest BCUT2D eigenvalue weighted by Gasteiger charge is 2.28. The smallest absolute Gasteiger partial charge is 0.239 e. The van der Waals surface area contributed by atoms with Crippen molar-refractivity contribution < 1.29 is 9.59 Å². The fraction of sp³-hybridized carbons (Fsp3) is 0.857. The molecule has 0 aromatic carbocycles. The molecule has 2 amide bonds. The molecule has 0 spiro atoms. The van der Waals surface area contributed by atoms with Crippen LogP contribution in [0.2, 0.25) is 0 Å². The number of rotatable bonds is 7. The van der Waals surface area contributed by atoms with Crippen LogP contribution < -0.4 is 10.6 Å². The lowest BCUT2D eigenvalue weighted by atomic mass is 10.0. The van der Waals surface area contributed by atoms with Crippen LogP contribution in [0.1, 0.15) is 45.4 Å². The number of carbonyl (C=O) groups excluding carboxylic acids is 2. The van der Waals surface area contributed by atoms with Gasteiger partial charge in [-0.05, 0) is 38.6 Å². The van der Waals surface area contributed by atoms with Crippen LogP contribution in [0.15, 0.2) is 0 Å². The van der Waals surface area contributed by atoms with Gasteiger partial charge in [0.25, 0.3) is 0 Å². The summed E-state index contributed by atoms with van der Waals surface area (Å²) in [6.07, 6.45) is 5.63. The molecule has 1 aliphatic carbocycles. The van der Waals surface area contributed by atoms with Crippen molar-refractivity contribution in [3.63, 3.8) is 0 Å². The van der Waals surface area contributed by atoms with Gasteiger partial charge >= 0.3 is 0 Å². The molecule has 5 nitrogen and oxygen atoms in total. The van der Waals surface area contributed by atoms with E-state index in [1.807, 2.05) is 4.90 Å². The standard InChI is InChI=1S/C14H25N3O2/c1-2-8-15-12-4-3-9-17(14(12)19)10-7-13(18)16-11-5-6-11/h11-12,15H,2-10H2,1H3,(H,16,18). The number of carbonyl (C=O) groups is 2. The first kappa shape index (κ1) is 14.3. The topological polar surface area (TPSA) is 61.4 Å². The van der Waals surface area contributed by atoms with Gasteiger partial charge in [0.1, 0.15) is 0 Å². The fourth-order valence-corrected chi connectivity index (χ4v) is 2.43. The monoisotopic (exact) mass is 267 g/mol. The van der Waals surface area contributed by atoms with Crippen molar-refractivity contribution in [3.05, 3.63) is 0 Å².